The van der Waals surface area contributed by atoms with E-state index >= 15 is 0 Å². The van der Waals surface area contributed by atoms with Crippen LogP contribution in [0.5, 0.6) is 0 Å². The smallest absolute Gasteiger partial charge is 0.306 e. The van der Waals surface area contributed by atoms with Gasteiger partial charge in [-0.05, 0) is 151 Å². The lowest BCUT2D eigenvalue weighted by molar-refractivity contribution is -0.153. The van der Waals surface area contributed by atoms with Crippen LogP contribution in [0.25, 0.3) is 46.4 Å². The quantitative estimate of drug-likeness (QED) is 0.113. The van der Waals surface area contributed by atoms with Gasteiger partial charge >= 0.3 is 23.9 Å². The molecule has 370 valence electrons. The normalized spacial score (nSPS) is 29.3. The van der Waals surface area contributed by atoms with Crippen LogP contribution in [0, 0.1) is 0 Å². The molecule has 0 aromatic carbocycles. The van der Waals surface area contributed by atoms with Crippen molar-refractivity contribution < 1.29 is 38.1 Å². The number of H-pyrrole nitrogens is 2. The van der Waals surface area contributed by atoms with Crippen molar-refractivity contribution in [1.29, 1.82) is 0 Å². The number of hydrogen-bond donors (Lipinski definition) is 2. The summed E-state index contributed by atoms with van der Waals surface area (Å²) in [5, 5.41) is 0. The maximum Gasteiger partial charge on any atom is 0.306 e. The van der Waals surface area contributed by atoms with E-state index in [1.54, 1.807) is 0 Å². The lowest BCUT2D eigenvalue weighted by Crippen LogP contribution is -2.30. The van der Waals surface area contributed by atoms with Crippen molar-refractivity contribution in [1.82, 2.24) is 19.9 Å². The summed E-state index contributed by atoms with van der Waals surface area (Å²) in [6.45, 7) is 0. The number of aromatic nitrogens is 4. The zero-order valence-corrected chi connectivity index (χ0v) is 40.8. The molecule has 3 aromatic rings. The van der Waals surface area contributed by atoms with Gasteiger partial charge in [0.1, 0.15) is 24.4 Å². The molecule has 12 nitrogen and oxygen atoms in total. The number of carbonyl (C=O) groups excluding carboxylic acids is 4. The van der Waals surface area contributed by atoms with Gasteiger partial charge in [0.05, 0.1) is 22.8 Å². The SMILES string of the molecule is O=C1CCCCCC(=O)O[C@H]2CCCC[C@@H]2c2c3nc(c(c4ccc([nH]4)c4c5nc(c(c6ccc2[nH]6)[C@H]2CCCC[C@@H]2OC(=O)CCCCCC(=O)O[C@H]2CCCC[C@H]42)C=C5)[C@H]2CCCC[C@@H]2O1)C=C3. The Bertz CT molecular complexity index is 2360. The monoisotopic (exact) mass is 951 g/mol. The Hall–Kier alpha value is -5.52. The Morgan fingerprint density at radius 3 is 0.829 bits per heavy atom. The molecule has 3 aromatic heterocycles. The van der Waals surface area contributed by atoms with Gasteiger partial charge in [-0.3, -0.25) is 19.2 Å². The number of aromatic amines is 2. The molecule has 4 saturated carbocycles. The Morgan fingerprint density at radius 2 is 0.571 bits per heavy atom. The van der Waals surface area contributed by atoms with E-state index in [9.17, 15) is 19.2 Å². The predicted molar refractivity (Wildman–Crippen MR) is 269 cm³/mol. The number of ether oxygens (including phenoxy) is 4. The fourth-order valence-electron chi connectivity index (χ4n) is 13.5. The zero-order chi connectivity index (χ0) is 47.6. The van der Waals surface area contributed by atoms with Crippen LogP contribution >= 0.6 is 0 Å². The zero-order valence-electron chi connectivity index (χ0n) is 40.8. The molecule has 8 atom stereocenters. The van der Waals surface area contributed by atoms with E-state index in [1.807, 2.05) is 0 Å². The Labute approximate surface area is 411 Å². The maximum atomic E-state index is 13.7. The predicted octanol–water partition coefficient (Wildman–Crippen LogP) is 12.9. The molecule has 0 radical (unpaired) electrons. The van der Waals surface area contributed by atoms with Gasteiger partial charge in [0.15, 0.2) is 0 Å². The summed E-state index contributed by atoms with van der Waals surface area (Å²) < 4.78 is 25.9. The van der Waals surface area contributed by atoms with Crippen molar-refractivity contribution in [2.24, 2.45) is 0 Å². The van der Waals surface area contributed by atoms with E-state index in [0.717, 1.165) is 183 Å². The van der Waals surface area contributed by atoms with Crippen LogP contribution in [-0.2, 0) is 38.1 Å². The Morgan fingerprint density at radius 1 is 0.329 bits per heavy atom. The Balaban J connectivity index is 1.22. The first-order valence-corrected chi connectivity index (χ1v) is 27.3. The average molecular weight is 951 g/mol. The summed E-state index contributed by atoms with van der Waals surface area (Å²) in [5.41, 5.74) is 11.1. The van der Waals surface area contributed by atoms with Gasteiger partial charge in [-0.2, -0.15) is 0 Å². The number of carbonyl (C=O) groups is 4. The minimum atomic E-state index is -0.318. The van der Waals surface area contributed by atoms with E-state index in [-0.39, 0.29) is 72.0 Å². The molecular weight excluding hydrogens is 881 g/mol. The highest BCUT2D eigenvalue weighted by Gasteiger charge is 2.39. The van der Waals surface area contributed by atoms with Gasteiger partial charge in [-0.25, -0.2) is 9.97 Å². The van der Waals surface area contributed by atoms with Gasteiger partial charge in [-0.1, -0.05) is 38.5 Å². The summed E-state index contributed by atoms with van der Waals surface area (Å²) in [7, 11) is 0. The third-order valence-corrected chi connectivity index (χ3v) is 16.9. The molecule has 12 bridgehead atoms. The summed E-state index contributed by atoms with van der Waals surface area (Å²) in [6.07, 6.45) is 27.0. The molecule has 0 saturated heterocycles. The van der Waals surface area contributed by atoms with E-state index in [4.69, 9.17) is 28.9 Å². The van der Waals surface area contributed by atoms with Gasteiger partial charge in [0, 0.05) is 93.7 Å². The molecule has 0 unspecified atom stereocenters. The molecule has 70 heavy (non-hydrogen) atoms. The van der Waals surface area contributed by atoms with Crippen LogP contribution < -0.4 is 0 Å². The third-order valence-electron chi connectivity index (χ3n) is 16.9. The van der Waals surface area contributed by atoms with E-state index in [2.05, 4.69) is 58.5 Å². The molecular formula is C58H70N4O8. The van der Waals surface area contributed by atoms with Gasteiger partial charge in [-0.15, -0.1) is 0 Å². The molecule has 4 aliphatic heterocycles. The highest BCUT2D eigenvalue weighted by Crippen LogP contribution is 2.46. The van der Waals surface area contributed by atoms with E-state index in [1.165, 1.54) is 0 Å². The second kappa shape index (κ2) is 21.1. The molecule has 11 rings (SSSR count). The lowest BCUT2D eigenvalue weighted by Gasteiger charge is -2.33. The van der Waals surface area contributed by atoms with E-state index in [0.29, 0.717) is 51.4 Å². The fraction of sp³-hybridized carbons (Fsp3) is 0.586. The first kappa shape index (κ1) is 46.8. The lowest BCUT2D eigenvalue weighted by atomic mass is 9.80. The first-order valence-electron chi connectivity index (χ1n) is 27.3. The highest BCUT2D eigenvalue weighted by molar-refractivity contribution is 5.85. The van der Waals surface area contributed by atoms with Crippen molar-refractivity contribution in [3.05, 3.63) is 69.3 Å². The number of nitrogens with zero attached hydrogens (tertiary/aromatic N) is 2. The largest absolute Gasteiger partial charge is 0.462 e. The van der Waals surface area contributed by atoms with E-state index < -0.39 is 0 Å². The average Bonchev–Trinajstić information content (AvgIpc) is 4.21. The molecule has 0 amide bonds. The van der Waals surface area contributed by atoms with Crippen LogP contribution in [0.15, 0.2) is 24.3 Å². The van der Waals surface area contributed by atoms with Crippen LogP contribution in [0.4, 0.5) is 0 Å². The van der Waals surface area contributed by atoms with Gasteiger partial charge in [0.25, 0.3) is 0 Å². The molecule has 12 heteroatoms. The second-order valence-electron chi connectivity index (χ2n) is 21.5. The van der Waals surface area contributed by atoms with Crippen molar-refractivity contribution in [3.63, 3.8) is 0 Å². The van der Waals surface area contributed by atoms with Crippen molar-refractivity contribution >= 4 is 70.2 Å². The van der Waals surface area contributed by atoms with Crippen molar-refractivity contribution in [2.75, 3.05) is 0 Å². The minimum absolute atomic E-state index is 0.106. The standard InChI is InChI=1S/C58H70N4O8/c63-51-23-3-1-4-24-52(64)68-48-20-12-8-16-36(48)56-40-28-27-39(59-40)55(35-15-7-11-19-47(35)67-51)43-31-33-45(61-43)57-37-17-9-13-21-49(37)69-53(65)25-5-2-6-26-54(66)70-50-22-14-10-18-38(50)58(42-30-29-41(57)60-42)46-34-32-44(56)62-46/h27-38,47-50,61-62H,1-26H2/t35-,36-,37-,38-,47-,48-,49-,50-/m0/s1. The Kier molecular flexibility index (Phi) is 14.1. The number of nitrogens with one attached hydrogen (secondary N) is 2. The van der Waals surface area contributed by atoms with Crippen LogP contribution in [0.2, 0.25) is 0 Å². The first-order chi connectivity index (χ1) is 34.3. The van der Waals surface area contributed by atoms with Gasteiger partial charge in [0.2, 0.25) is 0 Å². The maximum absolute atomic E-state index is 13.7. The van der Waals surface area contributed by atoms with Crippen LogP contribution in [0.1, 0.15) is 236 Å². The third kappa shape index (κ3) is 9.90. The topological polar surface area (TPSA) is 163 Å². The fourth-order valence-corrected chi connectivity index (χ4v) is 13.5. The number of hydrogen-bond acceptors (Lipinski definition) is 10. The summed E-state index contributed by atoms with van der Waals surface area (Å²) in [5.74, 6) is -1.21. The summed E-state index contributed by atoms with van der Waals surface area (Å²) in [6, 6.07) is 8.66. The summed E-state index contributed by atoms with van der Waals surface area (Å²) in [4.78, 5) is 73.8. The van der Waals surface area contributed by atoms with Crippen LogP contribution in [0.3, 0.4) is 0 Å². The van der Waals surface area contributed by atoms with Crippen molar-refractivity contribution in [3.8, 4) is 0 Å². The molecule has 4 aliphatic carbocycles. The molecule has 0 spiro atoms. The van der Waals surface area contributed by atoms with Crippen molar-refractivity contribution in [2.45, 2.75) is 215 Å². The number of fused-ring (bicyclic) bond motifs is 16. The second-order valence-corrected chi connectivity index (χ2v) is 21.5. The van der Waals surface area contributed by atoms with Crippen LogP contribution in [-0.4, -0.2) is 68.2 Å². The molecule has 7 heterocycles. The highest BCUT2D eigenvalue weighted by atomic mass is 16.6. The minimum Gasteiger partial charge on any atom is -0.462 e. The number of esters is 4. The van der Waals surface area contributed by atoms with Gasteiger partial charge < -0.3 is 28.9 Å². The number of rotatable bonds is 0. The molecule has 4 fully saturated rings. The molecule has 2 N–H and O–H groups in total. The molecule has 8 aliphatic rings. The summed E-state index contributed by atoms with van der Waals surface area (Å²) >= 11 is 0.